The number of rotatable bonds is 5. The molecule has 4 aromatic rings. The van der Waals surface area contributed by atoms with Gasteiger partial charge in [-0.05, 0) is 30.7 Å². The van der Waals surface area contributed by atoms with E-state index in [4.69, 9.17) is 0 Å². The maximum absolute atomic E-state index is 12.9. The summed E-state index contributed by atoms with van der Waals surface area (Å²) in [5.41, 5.74) is 3.67. The van der Waals surface area contributed by atoms with Crippen LogP contribution in [0.25, 0.3) is 10.9 Å². The fourth-order valence-corrected chi connectivity index (χ4v) is 3.27. The van der Waals surface area contributed by atoms with E-state index in [-0.39, 0.29) is 40.9 Å². The second kappa shape index (κ2) is 8.74. The average Bonchev–Trinajstić information content (AvgIpc) is 3.15. The molecule has 2 heterocycles. The van der Waals surface area contributed by atoms with Crippen LogP contribution in [0.3, 0.4) is 0 Å². The van der Waals surface area contributed by atoms with Crippen molar-refractivity contribution in [2.24, 2.45) is 0 Å². The van der Waals surface area contributed by atoms with E-state index < -0.39 is 5.97 Å². The summed E-state index contributed by atoms with van der Waals surface area (Å²) in [6.07, 6.45) is 3.48. The van der Waals surface area contributed by atoms with E-state index in [1.165, 1.54) is 6.07 Å². The molecule has 0 bridgehead atoms. The van der Waals surface area contributed by atoms with Crippen LogP contribution in [0.5, 0.6) is 0 Å². The number of carbonyl (C=O) groups excluding carboxylic acids is 2. The zero-order valence-corrected chi connectivity index (χ0v) is 18.3. The number of ketones is 1. The van der Waals surface area contributed by atoms with E-state index >= 15 is 0 Å². The van der Waals surface area contributed by atoms with Gasteiger partial charge >= 0.3 is 29.6 Å². The van der Waals surface area contributed by atoms with E-state index in [0.717, 1.165) is 16.5 Å². The molecule has 0 radical (unpaired) electrons. The molecule has 0 saturated carbocycles. The number of aromatic carboxylic acids is 1. The predicted molar refractivity (Wildman–Crippen MR) is 104 cm³/mol. The summed E-state index contributed by atoms with van der Waals surface area (Å²) in [7, 11) is 0. The van der Waals surface area contributed by atoms with Gasteiger partial charge in [0.1, 0.15) is 0 Å². The first-order valence-electron chi connectivity index (χ1n) is 8.88. The Morgan fingerprint density at radius 2 is 1.79 bits per heavy atom. The molecule has 0 unspecified atom stereocenters. The van der Waals surface area contributed by atoms with E-state index in [1.54, 1.807) is 18.3 Å². The SMILES string of the molecule is Cc1ccc(C(=O)c2cccn2Cc2cnc3c(C(=O)[O-])cccc3c2)cc1.[Na+]. The van der Waals surface area contributed by atoms with Crippen molar-refractivity contribution in [1.29, 1.82) is 0 Å². The molecule has 0 aliphatic carbocycles. The topological polar surface area (TPSA) is 75.0 Å². The maximum atomic E-state index is 12.9. The van der Waals surface area contributed by atoms with Crippen LogP contribution < -0.4 is 34.7 Å². The second-order valence-corrected chi connectivity index (χ2v) is 6.72. The van der Waals surface area contributed by atoms with Gasteiger partial charge < -0.3 is 14.5 Å². The van der Waals surface area contributed by atoms with Gasteiger partial charge in [0.25, 0.3) is 0 Å². The van der Waals surface area contributed by atoms with Crippen molar-refractivity contribution in [3.63, 3.8) is 0 Å². The molecule has 2 aromatic carbocycles. The third-order valence-electron chi connectivity index (χ3n) is 4.72. The molecule has 138 valence electrons. The summed E-state index contributed by atoms with van der Waals surface area (Å²) in [4.78, 5) is 28.4. The minimum absolute atomic E-state index is 0. The molecule has 0 spiro atoms. The summed E-state index contributed by atoms with van der Waals surface area (Å²) >= 11 is 0. The number of pyridine rings is 1. The number of benzene rings is 2. The van der Waals surface area contributed by atoms with Gasteiger partial charge in [0.2, 0.25) is 5.78 Å². The van der Waals surface area contributed by atoms with E-state index in [0.29, 0.717) is 23.3 Å². The minimum Gasteiger partial charge on any atom is -0.545 e. The van der Waals surface area contributed by atoms with E-state index in [1.807, 2.05) is 60.2 Å². The first-order chi connectivity index (χ1) is 13.5. The maximum Gasteiger partial charge on any atom is 1.00 e. The first kappa shape index (κ1) is 21.0. The molecular weight excluding hydrogens is 375 g/mol. The van der Waals surface area contributed by atoms with Crippen molar-refractivity contribution in [1.82, 2.24) is 9.55 Å². The Morgan fingerprint density at radius 3 is 2.52 bits per heavy atom. The predicted octanol–water partition coefficient (Wildman–Crippen LogP) is -0.00848. The largest absolute Gasteiger partial charge is 1.00 e. The normalized spacial score (nSPS) is 10.5. The third-order valence-corrected chi connectivity index (χ3v) is 4.72. The molecule has 0 amide bonds. The molecule has 0 aliphatic heterocycles. The fraction of sp³-hybridized carbons (Fsp3) is 0.0870. The molecule has 29 heavy (non-hydrogen) atoms. The van der Waals surface area contributed by atoms with E-state index in [2.05, 4.69) is 4.98 Å². The number of fused-ring (bicyclic) bond motifs is 1. The van der Waals surface area contributed by atoms with Crippen LogP contribution in [0.15, 0.2) is 73.1 Å². The fourth-order valence-electron chi connectivity index (χ4n) is 3.27. The summed E-state index contributed by atoms with van der Waals surface area (Å²) in [5, 5.41) is 12.0. The Kier molecular flexibility index (Phi) is 6.33. The van der Waals surface area contributed by atoms with E-state index in [9.17, 15) is 14.7 Å². The first-order valence-corrected chi connectivity index (χ1v) is 8.88. The average molecular weight is 392 g/mol. The standard InChI is InChI=1S/C23H18N2O3.Na/c1-15-7-9-17(10-8-15)22(26)20-6-3-11-25(20)14-16-12-18-4-2-5-19(23(27)28)21(18)24-13-16;/h2-13H,14H2,1H3,(H,27,28);/q;+1/p-1. The van der Waals surface area contributed by atoms with Gasteiger partial charge in [-0.2, -0.15) is 0 Å². The Labute approximate surface area is 190 Å². The Hall–Kier alpha value is -2.73. The molecule has 0 N–H and O–H groups in total. The molecule has 6 heteroatoms. The molecule has 0 saturated heterocycles. The third kappa shape index (κ3) is 4.32. The van der Waals surface area contributed by atoms with Crippen molar-refractivity contribution < 1.29 is 44.3 Å². The molecule has 5 nitrogen and oxygen atoms in total. The van der Waals surface area contributed by atoms with Crippen molar-refractivity contribution in [2.75, 3.05) is 0 Å². The number of carboxylic acids is 1. The number of nitrogens with zero attached hydrogens (tertiary/aromatic N) is 2. The van der Waals surface area contributed by atoms with Crippen molar-refractivity contribution in [3.05, 3.63) is 101 Å². The zero-order valence-electron chi connectivity index (χ0n) is 16.3. The Balaban J connectivity index is 0.00000240. The van der Waals surface area contributed by atoms with Crippen molar-refractivity contribution >= 4 is 22.7 Å². The van der Waals surface area contributed by atoms with Gasteiger partial charge in [0.05, 0.1) is 17.2 Å². The smallest absolute Gasteiger partial charge is 0.545 e. The van der Waals surface area contributed by atoms with Crippen molar-refractivity contribution in [2.45, 2.75) is 13.5 Å². The van der Waals surface area contributed by atoms with Crippen LogP contribution in [0, 0.1) is 6.92 Å². The Bertz CT molecular complexity index is 1200. The summed E-state index contributed by atoms with van der Waals surface area (Å²) in [6, 6.07) is 18.0. The number of hydrogen-bond acceptors (Lipinski definition) is 4. The molecule has 0 fully saturated rings. The number of carboxylic acid groups (broad SMARTS) is 1. The molecule has 2 aromatic heterocycles. The van der Waals surface area contributed by atoms with Crippen LogP contribution in [0.4, 0.5) is 0 Å². The number of hydrogen-bond donors (Lipinski definition) is 0. The second-order valence-electron chi connectivity index (χ2n) is 6.72. The van der Waals surface area contributed by atoms with Crippen LogP contribution in [-0.4, -0.2) is 21.3 Å². The molecule has 0 aliphatic rings. The summed E-state index contributed by atoms with van der Waals surface area (Å²) in [6.45, 7) is 2.44. The zero-order chi connectivity index (χ0) is 19.7. The van der Waals surface area contributed by atoms with Crippen LogP contribution in [-0.2, 0) is 6.54 Å². The molecule has 4 rings (SSSR count). The van der Waals surface area contributed by atoms with Gasteiger partial charge in [-0.25, -0.2) is 0 Å². The number of aryl methyl sites for hydroxylation is 1. The van der Waals surface area contributed by atoms with Crippen LogP contribution in [0.2, 0.25) is 0 Å². The van der Waals surface area contributed by atoms with Gasteiger partial charge in [0.15, 0.2) is 0 Å². The minimum atomic E-state index is -1.25. The van der Waals surface area contributed by atoms with Crippen LogP contribution >= 0.6 is 0 Å². The molecular formula is C23H17N2NaO3. The monoisotopic (exact) mass is 392 g/mol. The summed E-state index contributed by atoms with van der Waals surface area (Å²) < 4.78 is 1.87. The van der Waals surface area contributed by atoms with Crippen molar-refractivity contribution in [3.8, 4) is 0 Å². The summed E-state index contributed by atoms with van der Waals surface area (Å²) in [5.74, 6) is -1.29. The number of para-hydroxylation sites is 1. The van der Waals surface area contributed by atoms with Gasteiger partial charge in [-0.3, -0.25) is 9.78 Å². The number of aromatic nitrogens is 2. The van der Waals surface area contributed by atoms with Gasteiger partial charge in [0, 0.05) is 35.5 Å². The quantitative estimate of drug-likeness (QED) is 0.354. The Morgan fingerprint density at radius 1 is 1.03 bits per heavy atom. The van der Waals surface area contributed by atoms with Crippen LogP contribution in [0.1, 0.15) is 37.5 Å². The van der Waals surface area contributed by atoms with Gasteiger partial charge in [-0.1, -0.05) is 48.0 Å². The van der Waals surface area contributed by atoms with Gasteiger partial charge in [-0.15, -0.1) is 0 Å². The molecule has 0 atom stereocenters. The number of carbonyl (C=O) groups is 2.